The van der Waals surface area contributed by atoms with E-state index in [4.69, 9.17) is 11.3 Å². The van der Waals surface area contributed by atoms with Crippen LogP contribution in [0.15, 0.2) is 24.4 Å². The van der Waals surface area contributed by atoms with Crippen LogP contribution in [0.1, 0.15) is 19.8 Å². The molecule has 98 valence electrons. The van der Waals surface area contributed by atoms with E-state index in [-0.39, 0.29) is 5.97 Å². The second-order valence-electron chi connectivity index (χ2n) is 4.16. The first kappa shape index (κ1) is 13.1. The van der Waals surface area contributed by atoms with E-state index in [1.165, 1.54) is 0 Å². The second kappa shape index (κ2) is 6.01. The molecule has 0 fully saturated rings. The summed E-state index contributed by atoms with van der Waals surface area (Å²) in [6, 6.07) is 5.41. The molecule has 0 amide bonds. The van der Waals surface area contributed by atoms with E-state index in [1.807, 2.05) is 18.3 Å². The molecule has 0 aliphatic rings. The van der Waals surface area contributed by atoms with Gasteiger partial charge in [-0.1, -0.05) is 6.07 Å². The number of nitrogens with zero attached hydrogens (tertiary/aromatic N) is 3. The summed E-state index contributed by atoms with van der Waals surface area (Å²) in [5.74, 6) is -0.172. The number of carbonyl (C=O) groups excluding carboxylic acids is 1. The monoisotopic (exact) mass is 257 g/mol. The molecule has 0 N–H and O–H groups in total. The van der Waals surface area contributed by atoms with Crippen molar-refractivity contribution in [2.24, 2.45) is 0 Å². The Kier molecular flexibility index (Phi) is 4.14. The van der Waals surface area contributed by atoms with Crippen molar-refractivity contribution in [1.29, 1.82) is 0 Å². The summed E-state index contributed by atoms with van der Waals surface area (Å²) in [5, 5.41) is 5.34. The maximum atomic E-state index is 11.2. The topological polar surface area (TPSA) is 48.5 Å². The average molecular weight is 257 g/mol. The van der Waals surface area contributed by atoms with Gasteiger partial charge in [0.2, 0.25) is 0 Å². The molecule has 5 heteroatoms. The molecule has 2 rings (SSSR count). The van der Waals surface area contributed by atoms with Crippen molar-refractivity contribution in [3.05, 3.63) is 35.8 Å². The minimum Gasteiger partial charge on any atom is -0.466 e. The largest absolute Gasteiger partial charge is 0.466 e. The molecule has 19 heavy (non-hydrogen) atoms. The lowest BCUT2D eigenvalue weighted by molar-refractivity contribution is -0.143. The Morgan fingerprint density at radius 3 is 3.11 bits per heavy atom. The van der Waals surface area contributed by atoms with Crippen molar-refractivity contribution in [2.75, 3.05) is 6.61 Å². The second-order valence-corrected chi connectivity index (χ2v) is 4.16. The van der Waals surface area contributed by atoms with Crippen molar-refractivity contribution >= 4 is 22.6 Å². The van der Waals surface area contributed by atoms with Crippen LogP contribution in [-0.4, -0.2) is 22.4 Å². The quantitative estimate of drug-likeness (QED) is 0.611. The van der Waals surface area contributed by atoms with Gasteiger partial charge < -0.3 is 4.74 Å². The van der Waals surface area contributed by atoms with Gasteiger partial charge in [0.05, 0.1) is 18.7 Å². The standard InChI is InChI=1S/C14H15N3O2/c1-3-19-14(18)5-4-8-17-10-11-9-12(15-2)6-7-13(11)16-17/h6-7,9-10H,3-5,8H2,1H3. The summed E-state index contributed by atoms with van der Waals surface area (Å²) in [5.41, 5.74) is 1.47. The summed E-state index contributed by atoms with van der Waals surface area (Å²) in [7, 11) is 0. The van der Waals surface area contributed by atoms with Gasteiger partial charge in [0.1, 0.15) is 0 Å². The third-order valence-electron chi connectivity index (χ3n) is 2.74. The summed E-state index contributed by atoms with van der Waals surface area (Å²) < 4.78 is 6.67. The molecule has 0 saturated carbocycles. The maximum Gasteiger partial charge on any atom is 0.305 e. The van der Waals surface area contributed by atoms with Crippen LogP contribution in [-0.2, 0) is 16.1 Å². The Hall–Kier alpha value is -2.35. The van der Waals surface area contributed by atoms with E-state index in [1.54, 1.807) is 17.7 Å². The van der Waals surface area contributed by atoms with Crippen LogP contribution in [0, 0.1) is 6.57 Å². The van der Waals surface area contributed by atoms with Crippen LogP contribution in [0.5, 0.6) is 0 Å². The third-order valence-corrected chi connectivity index (χ3v) is 2.74. The number of fused-ring (bicyclic) bond motifs is 1. The zero-order valence-corrected chi connectivity index (χ0v) is 10.8. The molecular formula is C14H15N3O2. The van der Waals surface area contributed by atoms with Crippen LogP contribution in [0.4, 0.5) is 5.69 Å². The highest BCUT2D eigenvalue weighted by Crippen LogP contribution is 2.20. The van der Waals surface area contributed by atoms with E-state index in [9.17, 15) is 4.79 Å². The lowest BCUT2D eigenvalue weighted by Gasteiger charge is -2.01. The van der Waals surface area contributed by atoms with Gasteiger partial charge in [-0.15, -0.1) is 0 Å². The SMILES string of the molecule is [C-]#[N+]c1ccc2nn(CCCC(=O)OCC)cc2c1. The van der Waals surface area contributed by atoms with E-state index >= 15 is 0 Å². The van der Waals surface area contributed by atoms with Crippen LogP contribution in [0.2, 0.25) is 0 Å². The van der Waals surface area contributed by atoms with Gasteiger partial charge in [-0.3, -0.25) is 9.48 Å². The number of rotatable bonds is 5. The maximum absolute atomic E-state index is 11.2. The Labute approximate surface area is 111 Å². The molecule has 0 unspecified atom stereocenters. The highest BCUT2D eigenvalue weighted by molar-refractivity contribution is 5.82. The van der Waals surface area contributed by atoms with Crippen molar-refractivity contribution in [3.8, 4) is 0 Å². The molecule has 0 saturated heterocycles. The number of hydrogen-bond donors (Lipinski definition) is 0. The summed E-state index contributed by atoms with van der Waals surface area (Å²) >= 11 is 0. The molecule has 1 heterocycles. The predicted molar refractivity (Wildman–Crippen MR) is 71.9 cm³/mol. The number of aromatic nitrogens is 2. The van der Waals surface area contributed by atoms with Gasteiger partial charge in [-0.2, -0.15) is 5.10 Å². The van der Waals surface area contributed by atoms with Crippen molar-refractivity contribution in [2.45, 2.75) is 26.3 Å². The molecule has 1 aromatic heterocycles. The van der Waals surface area contributed by atoms with Crippen LogP contribution in [0.3, 0.4) is 0 Å². The van der Waals surface area contributed by atoms with Gasteiger partial charge >= 0.3 is 5.97 Å². The fourth-order valence-electron chi connectivity index (χ4n) is 1.87. The van der Waals surface area contributed by atoms with Crippen LogP contribution < -0.4 is 0 Å². The first-order chi connectivity index (χ1) is 9.22. The third kappa shape index (κ3) is 3.32. The highest BCUT2D eigenvalue weighted by Gasteiger charge is 2.04. The summed E-state index contributed by atoms with van der Waals surface area (Å²) in [6.07, 6.45) is 3.00. The minimum atomic E-state index is -0.172. The lowest BCUT2D eigenvalue weighted by Crippen LogP contribution is -2.06. The normalized spacial score (nSPS) is 10.3. The van der Waals surface area contributed by atoms with Gasteiger partial charge in [-0.05, 0) is 25.5 Å². The smallest absolute Gasteiger partial charge is 0.305 e. The Morgan fingerprint density at radius 2 is 2.37 bits per heavy atom. The minimum absolute atomic E-state index is 0.172. The van der Waals surface area contributed by atoms with Crippen molar-refractivity contribution < 1.29 is 9.53 Å². The summed E-state index contributed by atoms with van der Waals surface area (Å²) in [4.78, 5) is 14.6. The number of benzene rings is 1. The van der Waals surface area contributed by atoms with Crippen molar-refractivity contribution in [1.82, 2.24) is 9.78 Å². The highest BCUT2D eigenvalue weighted by atomic mass is 16.5. The zero-order chi connectivity index (χ0) is 13.7. The predicted octanol–water partition coefficient (Wildman–Crippen LogP) is 2.93. The molecule has 0 atom stereocenters. The molecular weight excluding hydrogens is 242 g/mol. The number of carbonyl (C=O) groups is 1. The Bertz CT molecular complexity index is 625. The molecule has 0 aliphatic carbocycles. The van der Waals surface area contributed by atoms with Crippen LogP contribution in [0.25, 0.3) is 15.7 Å². The zero-order valence-electron chi connectivity index (χ0n) is 10.8. The Balaban J connectivity index is 1.98. The van der Waals surface area contributed by atoms with Gasteiger partial charge in [0.25, 0.3) is 0 Å². The molecule has 0 aliphatic heterocycles. The van der Waals surface area contributed by atoms with E-state index in [2.05, 4.69) is 9.94 Å². The molecule has 2 aromatic rings. The number of ether oxygens (including phenoxy) is 1. The van der Waals surface area contributed by atoms with Crippen LogP contribution >= 0.6 is 0 Å². The van der Waals surface area contributed by atoms with Gasteiger partial charge in [0, 0.05) is 24.5 Å². The van der Waals surface area contributed by atoms with Gasteiger partial charge in [-0.25, -0.2) is 4.85 Å². The number of esters is 1. The van der Waals surface area contributed by atoms with Gasteiger partial charge in [0.15, 0.2) is 5.69 Å². The molecule has 0 spiro atoms. The first-order valence-electron chi connectivity index (χ1n) is 6.23. The van der Waals surface area contributed by atoms with E-state index < -0.39 is 0 Å². The number of aryl methyl sites for hydroxylation is 1. The lowest BCUT2D eigenvalue weighted by atomic mass is 10.2. The summed E-state index contributed by atoms with van der Waals surface area (Å²) in [6.45, 7) is 9.86. The molecule has 1 aromatic carbocycles. The Morgan fingerprint density at radius 1 is 1.53 bits per heavy atom. The molecule has 5 nitrogen and oxygen atoms in total. The number of hydrogen-bond acceptors (Lipinski definition) is 3. The van der Waals surface area contributed by atoms with E-state index in [0.29, 0.717) is 31.7 Å². The fraction of sp³-hybridized carbons (Fsp3) is 0.357. The van der Waals surface area contributed by atoms with E-state index in [0.717, 1.165) is 10.9 Å². The first-order valence-corrected chi connectivity index (χ1v) is 6.23. The molecule has 0 bridgehead atoms. The fourth-order valence-corrected chi connectivity index (χ4v) is 1.87. The average Bonchev–Trinajstić information content (AvgIpc) is 2.80. The van der Waals surface area contributed by atoms with Crippen molar-refractivity contribution in [3.63, 3.8) is 0 Å². The molecule has 0 radical (unpaired) electrons.